The summed E-state index contributed by atoms with van der Waals surface area (Å²) in [6.07, 6.45) is 12.1. The van der Waals surface area contributed by atoms with Gasteiger partial charge in [-0.15, -0.1) is 0 Å². The van der Waals surface area contributed by atoms with Crippen LogP contribution in [0.15, 0.2) is 10.8 Å². The van der Waals surface area contributed by atoms with Gasteiger partial charge >= 0.3 is 0 Å². The highest BCUT2D eigenvalue weighted by Crippen LogP contribution is 2.25. The Bertz CT molecular complexity index is 322. The van der Waals surface area contributed by atoms with Crippen LogP contribution in [0.4, 0.5) is 0 Å². The summed E-state index contributed by atoms with van der Waals surface area (Å²) >= 11 is 1.77. The zero-order valence-corrected chi connectivity index (χ0v) is 13.4. The van der Waals surface area contributed by atoms with Crippen molar-refractivity contribution in [2.24, 2.45) is 5.84 Å². The van der Waals surface area contributed by atoms with E-state index in [4.69, 9.17) is 5.84 Å². The second kappa shape index (κ2) is 10.4. The Balaban J connectivity index is 2.09. The van der Waals surface area contributed by atoms with Gasteiger partial charge in [-0.3, -0.25) is 11.3 Å². The third-order valence-electron chi connectivity index (χ3n) is 3.82. The highest BCUT2D eigenvalue weighted by atomic mass is 32.1. The van der Waals surface area contributed by atoms with E-state index in [0.717, 1.165) is 6.42 Å². The zero-order valence-electron chi connectivity index (χ0n) is 12.6. The number of aryl methyl sites for hydroxylation is 1. The highest BCUT2D eigenvalue weighted by Gasteiger charge is 2.12. The summed E-state index contributed by atoms with van der Waals surface area (Å²) in [5, 5.41) is 4.43. The number of thiophene rings is 1. The molecule has 19 heavy (non-hydrogen) atoms. The van der Waals surface area contributed by atoms with Crippen LogP contribution in [0.25, 0.3) is 0 Å². The smallest absolute Gasteiger partial charge is 0.0470 e. The normalized spacial score (nSPS) is 12.8. The molecule has 0 aliphatic carbocycles. The first-order valence-electron chi connectivity index (χ1n) is 7.78. The molecule has 1 heterocycles. The van der Waals surface area contributed by atoms with Crippen LogP contribution in [0.1, 0.15) is 81.9 Å². The molecule has 0 bridgehead atoms. The lowest BCUT2D eigenvalue weighted by molar-refractivity contribution is 0.474. The molecule has 0 fully saturated rings. The van der Waals surface area contributed by atoms with Crippen LogP contribution in [0.2, 0.25) is 0 Å². The van der Waals surface area contributed by atoms with Crippen LogP contribution in [-0.2, 0) is 0 Å². The number of nitrogens with two attached hydrogens (primary N) is 1. The molecule has 1 aromatic rings. The van der Waals surface area contributed by atoms with E-state index in [1.54, 1.807) is 11.3 Å². The topological polar surface area (TPSA) is 38.0 Å². The van der Waals surface area contributed by atoms with Crippen molar-refractivity contribution in [3.05, 3.63) is 21.9 Å². The Morgan fingerprint density at radius 2 is 1.68 bits per heavy atom. The summed E-state index contributed by atoms with van der Waals surface area (Å²) in [6, 6.07) is 0.339. The van der Waals surface area contributed by atoms with Crippen molar-refractivity contribution in [1.29, 1.82) is 0 Å². The molecule has 0 aromatic carbocycles. The van der Waals surface area contributed by atoms with Gasteiger partial charge in [-0.1, -0.05) is 58.3 Å². The van der Waals surface area contributed by atoms with Crippen LogP contribution in [-0.4, -0.2) is 0 Å². The van der Waals surface area contributed by atoms with Crippen molar-refractivity contribution in [2.45, 2.75) is 77.7 Å². The van der Waals surface area contributed by atoms with E-state index < -0.39 is 0 Å². The molecule has 3 heteroatoms. The zero-order chi connectivity index (χ0) is 13.9. The average molecular weight is 282 g/mol. The van der Waals surface area contributed by atoms with Crippen molar-refractivity contribution < 1.29 is 0 Å². The highest BCUT2D eigenvalue weighted by molar-refractivity contribution is 7.08. The minimum Gasteiger partial charge on any atom is -0.271 e. The molecule has 1 unspecified atom stereocenters. The first-order chi connectivity index (χ1) is 9.29. The third-order valence-corrected chi connectivity index (χ3v) is 4.70. The standard InChI is InChI=1S/C16H30N2S/c1-3-4-5-6-7-8-9-10-11-16(18-17)15-13-19-12-14(15)2/h12-13,16,18H,3-11,17H2,1-2H3. The van der Waals surface area contributed by atoms with E-state index in [-0.39, 0.29) is 0 Å². The molecule has 0 aliphatic heterocycles. The molecule has 3 N–H and O–H groups in total. The molecule has 0 spiro atoms. The summed E-state index contributed by atoms with van der Waals surface area (Å²) in [6.45, 7) is 4.44. The largest absolute Gasteiger partial charge is 0.271 e. The summed E-state index contributed by atoms with van der Waals surface area (Å²) in [5.74, 6) is 5.68. The van der Waals surface area contributed by atoms with Crippen LogP contribution >= 0.6 is 11.3 Å². The molecule has 0 aliphatic rings. The van der Waals surface area contributed by atoms with Crippen molar-refractivity contribution >= 4 is 11.3 Å². The predicted octanol–water partition coefficient (Wildman–Crippen LogP) is 5.09. The van der Waals surface area contributed by atoms with Gasteiger partial charge in [-0.05, 0) is 35.2 Å². The number of nitrogens with one attached hydrogen (secondary N) is 1. The van der Waals surface area contributed by atoms with Gasteiger partial charge in [0.25, 0.3) is 0 Å². The average Bonchev–Trinajstić information content (AvgIpc) is 2.83. The molecule has 0 saturated carbocycles. The van der Waals surface area contributed by atoms with Gasteiger partial charge in [0, 0.05) is 6.04 Å². The molecule has 0 saturated heterocycles. The lowest BCUT2D eigenvalue weighted by atomic mass is 10.00. The van der Waals surface area contributed by atoms with Gasteiger partial charge < -0.3 is 0 Å². The van der Waals surface area contributed by atoms with Crippen LogP contribution in [0.5, 0.6) is 0 Å². The Kier molecular flexibility index (Phi) is 9.14. The number of rotatable bonds is 11. The van der Waals surface area contributed by atoms with Crippen molar-refractivity contribution in [3.8, 4) is 0 Å². The van der Waals surface area contributed by atoms with Gasteiger partial charge in [-0.25, -0.2) is 0 Å². The van der Waals surface area contributed by atoms with Crippen LogP contribution in [0, 0.1) is 6.92 Å². The van der Waals surface area contributed by atoms with Crippen LogP contribution in [0.3, 0.4) is 0 Å². The Morgan fingerprint density at radius 1 is 1.05 bits per heavy atom. The quantitative estimate of drug-likeness (QED) is 0.337. The molecular weight excluding hydrogens is 252 g/mol. The van der Waals surface area contributed by atoms with Gasteiger partial charge in [0.15, 0.2) is 0 Å². The monoisotopic (exact) mass is 282 g/mol. The minimum atomic E-state index is 0.339. The maximum atomic E-state index is 5.68. The Labute approximate surface area is 122 Å². The van der Waals surface area contributed by atoms with E-state index in [9.17, 15) is 0 Å². The molecule has 2 nitrogen and oxygen atoms in total. The second-order valence-electron chi connectivity index (χ2n) is 5.49. The second-order valence-corrected chi connectivity index (χ2v) is 6.24. The third kappa shape index (κ3) is 6.55. The Morgan fingerprint density at radius 3 is 2.21 bits per heavy atom. The molecule has 110 valence electrons. The minimum absolute atomic E-state index is 0.339. The van der Waals surface area contributed by atoms with E-state index in [1.807, 2.05) is 0 Å². The van der Waals surface area contributed by atoms with Crippen molar-refractivity contribution in [2.75, 3.05) is 0 Å². The van der Waals surface area contributed by atoms with Gasteiger partial charge in [0.1, 0.15) is 0 Å². The van der Waals surface area contributed by atoms with Crippen molar-refractivity contribution in [1.82, 2.24) is 5.43 Å². The maximum Gasteiger partial charge on any atom is 0.0470 e. The fraction of sp³-hybridized carbons (Fsp3) is 0.750. The van der Waals surface area contributed by atoms with E-state index in [1.165, 1.54) is 62.5 Å². The van der Waals surface area contributed by atoms with Gasteiger partial charge in [-0.2, -0.15) is 11.3 Å². The molecule has 0 amide bonds. The fourth-order valence-corrected chi connectivity index (χ4v) is 3.44. The number of hydrogen-bond donors (Lipinski definition) is 2. The summed E-state index contributed by atoms with van der Waals surface area (Å²) in [7, 11) is 0. The number of hydrogen-bond acceptors (Lipinski definition) is 3. The van der Waals surface area contributed by atoms with E-state index >= 15 is 0 Å². The maximum absolute atomic E-state index is 5.68. The van der Waals surface area contributed by atoms with Crippen molar-refractivity contribution in [3.63, 3.8) is 0 Å². The first-order valence-corrected chi connectivity index (χ1v) is 8.72. The molecule has 1 aromatic heterocycles. The predicted molar refractivity (Wildman–Crippen MR) is 86.3 cm³/mol. The summed E-state index contributed by atoms with van der Waals surface area (Å²) < 4.78 is 0. The lowest BCUT2D eigenvalue weighted by Crippen LogP contribution is -2.28. The van der Waals surface area contributed by atoms with E-state index in [0.29, 0.717) is 6.04 Å². The summed E-state index contributed by atoms with van der Waals surface area (Å²) in [4.78, 5) is 0. The molecule has 1 atom stereocenters. The van der Waals surface area contributed by atoms with Crippen LogP contribution < -0.4 is 11.3 Å². The first kappa shape index (κ1) is 16.7. The van der Waals surface area contributed by atoms with E-state index in [2.05, 4.69) is 30.0 Å². The molecular formula is C16H30N2S. The summed E-state index contributed by atoms with van der Waals surface area (Å²) in [5.41, 5.74) is 5.72. The van der Waals surface area contributed by atoms with Gasteiger partial charge in [0.2, 0.25) is 0 Å². The lowest BCUT2D eigenvalue weighted by Gasteiger charge is -2.15. The molecule has 1 rings (SSSR count). The molecule has 0 radical (unpaired) electrons. The fourth-order valence-electron chi connectivity index (χ4n) is 2.54. The number of hydrazine groups is 1. The van der Waals surface area contributed by atoms with Gasteiger partial charge in [0.05, 0.1) is 0 Å². The number of unbranched alkanes of at least 4 members (excludes halogenated alkanes) is 7. The SMILES string of the molecule is CCCCCCCCCCC(NN)c1cscc1C. The Hall–Kier alpha value is -0.380.